The number of carbonyl (C=O) groups is 18. The van der Waals surface area contributed by atoms with Crippen molar-refractivity contribution in [1.29, 1.82) is 5.41 Å². The number of thioether (sulfide) groups is 1. The Hall–Kier alpha value is -13.4. The zero-order valence-corrected chi connectivity index (χ0v) is 75.0. The molecule has 706 valence electrons. The van der Waals surface area contributed by atoms with Gasteiger partial charge in [0.05, 0.1) is 37.7 Å². The van der Waals surface area contributed by atoms with Crippen LogP contribution >= 0.6 is 11.8 Å². The molecular weight excluding hydrogens is 1710 g/mol. The van der Waals surface area contributed by atoms with Crippen LogP contribution in [-0.4, -0.2) is 277 Å². The number of likely N-dealkylation sites (N-methyl/N-ethyl adjacent to an activating group) is 2. The number of Topliss-reactive ketones (excluding diaryl/α,β-unsaturated/α-hetero) is 3. The van der Waals surface area contributed by atoms with Gasteiger partial charge in [0.15, 0.2) is 23.3 Å². The summed E-state index contributed by atoms with van der Waals surface area (Å²) < 4.78 is 0. The second-order valence-corrected chi connectivity index (χ2v) is 35.0. The highest BCUT2D eigenvalue weighted by Gasteiger charge is 2.43. The number of H-pyrrole nitrogens is 3. The zero-order chi connectivity index (χ0) is 95.3. The van der Waals surface area contributed by atoms with Crippen LogP contribution in [0.5, 0.6) is 0 Å². The summed E-state index contributed by atoms with van der Waals surface area (Å²) in [6.45, 7) is 3.76. The number of carbonyl (C=O) groups excluding carboxylic acids is 18. The van der Waals surface area contributed by atoms with E-state index in [1.165, 1.54) is 40.5 Å². The number of primary amides is 2. The van der Waals surface area contributed by atoms with Crippen LogP contribution in [0.3, 0.4) is 0 Å². The van der Waals surface area contributed by atoms with Gasteiger partial charge in [-0.15, -0.1) is 11.8 Å². The smallest absolute Gasteiger partial charge is 0.247 e. The van der Waals surface area contributed by atoms with Gasteiger partial charge in [0, 0.05) is 142 Å². The minimum atomic E-state index is -1.75. The van der Waals surface area contributed by atoms with Gasteiger partial charge in [0.1, 0.15) is 60.4 Å². The fourth-order valence-electron chi connectivity index (χ4n) is 15.8. The number of para-hydroxylation sites is 2. The topological polar surface area (TPSA) is 632 Å². The van der Waals surface area contributed by atoms with E-state index in [1.54, 1.807) is 105 Å². The summed E-state index contributed by atoms with van der Waals surface area (Å²) in [5, 5.41) is 49.4. The Morgan fingerprint density at radius 2 is 1.17 bits per heavy atom. The maximum Gasteiger partial charge on any atom is 0.247 e. The fraction of sp³-hybridized carbons (Fsp3) is 0.506. The first-order valence-corrected chi connectivity index (χ1v) is 44.9. The molecule has 3 aliphatic rings. The number of guanidine groups is 1. The van der Waals surface area contributed by atoms with E-state index in [4.69, 9.17) is 22.6 Å². The molecule has 15 amide bonds. The number of amides is 15. The number of aromatic amines is 3. The van der Waals surface area contributed by atoms with E-state index >= 15 is 19.2 Å². The summed E-state index contributed by atoms with van der Waals surface area (Å²) in [5.74, 6) is -20.4. The molecule has 22 N–H and O–H groups in total. The zero-order valence-electron chi connectivity index (χ0n) is 74.2. The molecule has 1 aliphatic carbocycles. The van der Waals surface area contributed by atoms with Crippen LogP contribution < -0.4 is 75.7 Å². The Bertz CT molecular complexity index is 5120. The van der Waals surface area contributed by atoms with Crippen LogP contribution in [0.2, 0.25) is 0 Å². The molecule has 3 aromatic carbocycles. The van der Waals surface area contributed by atoms with Gasteiger partial charge in [-0.2, -0.15) is 0 Å². The second-order valence-electron chi connectivity index (χ2n) is 34.0. The number of nitrogens with one attached hydrogen (secondary N) is 15. The third-order valence-electron chi connectivity index (χ3n) is 23.4. The summed E-state index contributed by atoms with van der Waals surface area (Å²) in [5.41, 5.74) is 20.0. The second kappa shape index (κ2) is 48.8. The largest absolute Gasteiger partial charge is 0.394 e. The summed E-state index contributed by atoms with van der Waals surface area (Å²) >= 11 is 0.802. The lowest BCUT2D eigenvalue weighted by Crippen LogP contribution is -2.60. The Labute approximate surface area is 760 Å². The Morgan fingerprint density at radius 3 is 1.77 bits per heavy atom. The SMILES string of the molecule is CC(C)C[C@@H]1NC(=O)[C@H](Cc2cnc[nH]2)NC(=O)[C@@H]2CCCN2C(=O)[C@H](CC(N)=O)NC(=O)[C@H](C)NC(=O)[C@H](Cc2ccccc2)NC(=O)CSC[C@@H](C(=O)CCC(N)=O)NC(=O)[C@H](CCCNC(=N)N)NC(=O)[C@H](C)N(C)C(=O)[C@H](CNC(=O)C2CCC2)NC(=O)[C@H](Cc2c[nH]c3ccccc23)CC(=O)[C@H](CO)NC(=O)[C@H](Cc2c[nH]c3ccccc23)CC(=O)CN(C)C1=O. The number of aromatic nitrogens is 4. The van der Waals surface area contributed by atoms with Crippen molar-refractivity contribution in [2.45, 2.75) is 203 Å². The van der Waals surface area contributed by atoms with Crippen molar-refractivity contribution in [2.75, 3.05) is 58.4 Å². The highest BCUT2D eigenvalue weighted by Crippen LogP contribution is 2.29. The van der Waals surface area contributed by atoms with Crippen LogP contribution in [0, 0.1) is 29.1 Å². The molecule has 6 aromatic rings. The number of aliphatic hydroxyl groups is 1. The number of aliphatic hydroxyl groups excluding tert-OH is 1. The summed E-state index contributed by atoms with van der Waals surface area (Å²) in [7, 11) is 2.53. The quantitative estimate of drug-likeness (QED) is 0.0180. The number of ketones is 3. The minimum Gasteiger partial charge on any atom is -0.394 e. The Balaban J connectivity index is 1.06. The molecule has 0 unspecified atom stereocenters. The first kappa shape index (κ1) is 101. The molecule has 42 heteroatoms. The fourth-order valence-corrected chi connectivity index (χ4v) is 16.7. The van der Waals surface area contributed by atoms with Crippen molar-refractivity contribution in [1.82, 2.24) is 93.1 Å². The first-order valence-electron chi connectivity index (χ1n) is 43.8. The molecule has 5 heterocycles. The molecule has 2 saturated heterocycles. The predicted molar refractivity (Wildman–Crippen MR) is 481 cm³/mol. The van der Waals surface area contributed by atoms with Crippen LogP contribution in [0.25, 0.3) is 21.8 Å². The van der Waals surface area contributed by atoms with E-state index in [1.807, 2.05) is 0 Å². The highest BCUT2D eigenvalue weighted by atomic mass is 32.2. The highest BCUT2D eigenvalue weighted by molar-refractivity contribution is 8.00. The molecule has 0 bridgehead atoms. The lowest BCUT2D eigenvalue weighted by Gasteiger charge is -2.32. The molecule has 41 nitrogen and oxygen atoms in total. The van der Waals surface area contributed by atoms with Gasteiger partial charge in [-0.25, -0.2) is 4.98 Å². The number of benzene rings is 3. The summed E-state index contributed by atoms with van der Waals surface area (Å²) in [6.07, 6.45) is 3.95. The molecule has 13 atom stereocenters. The number of hydrogen-bond donors (Lipinski definition) is 19. The Morgan fingerprint density at radius 1 is 0.580 bits per heavy atom. The van der Waals surface area contributed by atoms with E-state index in [0.717, 1.165) is 32.9 Å². The van der Waals surface area contributed by atoms with Gasteiger partial charge >= 0.3 is 0 Å². The number of hydrogen-bond acceptors (Lipinski definition) is 22. The number of imidazole rings is 1. The Kier molecular flexibility index (Phi) is 37.8. The molecule has 0 spiro atoms. The van der Waals surface area contributed by atoms with E-state index in [9.17, 15) is 72.2 Å². The third-order valence-corrected chi connectivity index (χ3v) is 24.5. The monoisotopic (exact) mass is 1830 g/mol. The molecule has 9 rings (SSSR count). The number of rotatable bonds is 24. The number of nitrogens with two attached hydrogens (primary N) is 3. The van der Waals surface area contributed by atoms with Crippen LogP contribution in [0.15, 0.2) is 104 Å². The van der Waals surface area contributed by atoms with Crippen molar-refractivity contribution in [3.8, 4) is 0 Å². The van der Waals surface area contributed by atoms with Crippen LogP contribution in [0.4, 0.5) is 0 Å². The summed E-state index contributed by atoms with van der Waals surface area (Å²) in [4.78, 5) is 276. The first-order chi connectivity index (χ1) is 62.4. The molecule has 3 fully saturated rings. The number of fused-ring (bicyclic) bond motifs is 3. The van der Waals surface area contributed by atoms with E-state index in [0.29, 0.717) is 57.0 Å². The molecule has 2 aliphatic heterocycles. The molecule has 0 radical (unpaired) electrons. The lowest BCUT2D eigenvalue weighted by atomic mass is 9.85. The van der Waals surface area contributed by atoms with Crippen molar-refractivity contribution in [3.05, 3.63) is 126 Å². The number of nitrogens with zero attached hydrogens (tertiary/aromatic N) is 4. The van der Waals surface area contributed by atoms with E-state index < -0.39 is 254 Å². The van der Waals surface area contributed by atoms with Crippen molar-refractivity contribution < 1.29 is 91.4 Å². The van der Waals surface area contributed by atoms with Gasteiger partial charge in [0.2, 0.25) is 88.6 Å². The van der Waals surface area contributed by atoms with Gasteiger partial charge in [0.25, 0.3) is 0 Å². The average Bonchev–Trinajstić information content (AvgIpc) is 1.67. The van der Waals surface area contributed by atoms with E-state index in [2.05, 4.69) is 78.4 Å². The molecular formula is C89H120N22O19S. The third kappa shape index (κ3) is 29.8. The minimum absolute atomic E-state index is 0.0121. The van der Waals surface area contributed by atoms with Crippen molar-refractivity contribution in [2.24, 2.45) is 40.9 Å². The maximum atomic E-state index is 15.4. The molecule has 1 saturated carbocycles. The lowest BCUT2D eigenvalue weighted by molar-refractivity contribution is -0.143. The van der Waals surface area contributed by atoms with Gasteiger partial charge in [-0.3, -0.25) is 91.7 Å². The normalized spacial score (nSPS) is 24.2. The van der Waals surface area contributed by atoms with Crippen molar-refractivity contribution >= 4 is 145 Å². The van der Waals surface area contributed by atoms with Gasteiger partial charge in [-0.1, -0.05) is 87.0 Å². The maximum absolute atomic E-state index is 15.4. The van der Waals surface area contributed by atoms with Crippen LogP contribution in [0.1, 0.15) is 134 Å². The molecule has 3 aromatic heterocycles. The van der Waals surface area contributed by atoms with Gasteiger partial charge in [-0.05, 0) is 106 Å². The van der Waals surface area contributed by atoms with Crippen LogP contribution in [-0.2, 0) is 112 Å². The summed E-state index contributed by atoms with van der Waals surface area (Å²) in [6, 6.07) is 5.62. The molecule has 131 heavy (non-hydrogen) atoms. The standard InChI is InChI=1S/C89H120N22O19S/c1-48(2)31-66-86(128)109(5)43-58(113)35-53(33-55-39-96-61-23-12-10-21-59(55)61)80(122)107-69(44-112)73(115)36-54(34-56-40-97-62-24-13-11-22-60(56)62)81(123)106-68(42-98-79(121)52-19-14-20-52)87(129)110(6)50(4)78(120)102-63(25-15-29-95-89(92)93)82(124)108-70(72(114)27-28-74(90)116)45-131-46-76(118)101-64(32-51-17-8-7-9-18-51)83(125)100-49(3)77(119)104-67(38-75(91)117)88(130)111-30-16-26-71(111)85(127)103-65(84(126)105-66)37-57-41-94-47-99-57/h7-13,17-18,21-24,39-41,47-50,52-54,63-71,96-97,112H,14-16,19-20,25-38,42-46H2,1-6H3,(H2,90,116)(H2,91,117)(H,94,99)(H,98,121)(H,100,125)(H,101,118)(H,102,120)(H,103,127)(H,104,119)(H,105,126)(H,106,123)(H,107,122)(H,108,124)(H4,92,93,95)/t49-,50-,53+,54+,63-,64-,65-,66-,67-,68-,69-,70-,71-/m0/s1. The van der Waals surface area contributed by atoms with E-state index in [-0.39, 0.29) is 82.5 Å². The predicted octanol–water partition coefficient (Wildman–Crippen LogP) is -1.85. The average molecular weight is 1830 g/mol. The van der Waals surface area contributed by atoms with Gasteiger partial charge < -0.3 is 110 Å². The van der Waals surface area contributed by atoms with Crippen molar-refractivity contribution in [3.63, 3.8) is 0 Å².